The summed E-state index contributed by atoms with van der Waals surface area (Å²) < 4.78 is 34.5. The maximum atomic E-state index is 13.0. The summed E-state index contributed by atoms with van der Waals surface area (Å²) in [5.41, 5.74) is -3.27. The Bertz CT molecular complexity index is 1410. The van der Waals surface area contributed by atoms with E-state index in [2.05, 4.69) is 19.2 Å². The second-order valence-corrected chi connectivity index (χ2v) is 18.2. The van der Waals surface area contributed by atoms with E-state index in [4.69, 9.17) is 28.4 Å². The van der Waals surface area contributed by atoms with Crippen molar-refractivity contribution in [2.75, 3.05) is 39.6 Å². The molecule has 0 aliphatic carbocycles. The fourth-order valence-electron chi connectivity index (χ4n) is 8.43. The van der Waals surface area contributed by atoms with E-state index in [0.29, 0.717) is 36.5 Å². The molecule has 3 fully saturated rings. The summed E-state index contributed by atoms with van der Waals surface area (Å²) in [6.07, 6.45) is 1.56. The van der Waals surface area contributed by atoms with Gasteiger partial charge in [-0.25, -0.2) is 0 Å². The fourth-order valence-corrected chi connectivity index (χ4v) is 8.43. The summed E-state index contributed by atoms with van der Waals surface area (Å²) in [5.74, 6) is -1.28. The van der Waals surface area contributed by atoms with E-state index in [1.54, 1.807) is 18.2 Å². The van der Waals surface area contributed by atoms with Crippen molar-refractivity contribution in [2.24, 2.45) is 17.8 Å². The Morgan fingerprint density at radius 1 is 0.566 bits per heavy atom. The number of hydroxylamine groups is 4. The highest BCUT2D eigenvalue weighted by atomic mass is 16.6. The van der Waals surface area contributed by atoms with Crippen LogP contribution in [-0.4, -0.2) is 111 Å². The zero-order valence-electron chi connectivity index (χ0n) is 33.8. The van der Waals surface area contributed by atoms with E-state index in [1.807, 2.05) is 69.2 Å². The lowest BCUT2D eigenvalue weighted by atomic mass is 9.87. The SMILES string of the molecule is CC1(C)CC(C(=O)OCCOc2cc(OCCOC(=O)C3CC(C)(C)N(O)C3(C)C)cc(OCCOC(=O)C3CC(C)(C)N(O)C3(C)C)c2)C(C)(C)N1. The molecule has 14 nitrogen and oxygen atoms in total. The van der Waals surface area contributed by atoms with Crippen molar-refractivity contribution in [2.45, 2.75) is 136 Å². The monoisotopic (exact) mass is 749 g/mol. The van der Waals surface area contributed by atoms with Gasteiger partial charge in [-0.1, -0.05) is 0 Å². The van der Waals surface area contributed by atoms with Crippen LogP contribution in [0.1, 0.15) is 102 Å². The minimum Gasteiger partial charge on any atom is -0.490 e. The van der Waals surface area contributed by atoms with Gasteiger partial charge >= 0.3 is 17.9 Å². The summed E-state index contributed by atoms with van der Waals surface area (Å²) in [6, 6.07) is 4.95. The van der Waals surface area contributed by atoms with Crippen LogP contribution in [0, 0.1) is 17.8 Å². The third-order valence-electron chi connectivity index (χ3n) is 11.1. The molecule has 0 amide bonds. The Hall–Kier alpha value is -3.17. The van der Waals surface area contributed by atoms with Gasteiger partial charge in [-0.05, 0) is 102 Å². The molecule has 3 aliphatic heterocycles. The van der Waals surface area contributed by atoms with Crippen LogP contribution in [0.2, 0.25) is 0 Å². The average molecular weight is 750 g/mol. The van der Waals surface area contributed by atoms with E-state index >= 15 is 0 Å². The molecule has 300 valence electrons. The number of carbonyl (C=O) groups is 3. The number of rotatable bonds is 15. The van der Waals surface area contributed by atoms with Crippen LogP contribution < -0.4 is 19.5 Å². The van der Waals surface area contributed by atoms with Gasteiger partial charge < -0.3 is 44.2 Å². The standard InChI is InChI=1S/C39H63N3O11/c1-34(2)22-28(37(7,8)40-34)31(43)51-16-13-48-25-19-26(49-14-17-52-32(44)29-23-35(3,4)41(46)38(29,9)10)21-27(20-25)50-15-18-53-33(45)30-24-36(5,6)42(47)39(30,11)12/h19-21,28-30,40,46-47H,13-18,22-24H2,1-12H3. The molecule has 0 aromatic heterocycles. The Morgan fingerprint density at radius 2 is 0.887 bits per heavy atom. The molecule has 0 spiro atoms. The predicted octanol–water partition coefficient (Wildman–Crippen LogP) is 5.16. The summed E-state index contributed by atoms with van der Waals surface area (Å²) in [6.45, 7) is 23.0. The van der Waals surface area contributed by atoms with Gasteiger partial charge in [0.05, 0.1) is 28.8 Å². The highest BCUT2D eigenvalue weighted by Gasteiger charge is 2.56. The van der Waals surface area contributed by atoms with Gasteiger partial charge in [-0.15, -0.1) is 0 Å². The molecule has 0 saturated carbocycles. The molecule has 3 aliphatic rings. The molecule has 0 radical (unpaired) electrons. The molecule has 3 N–H and O–H groups in total. The molecule has 3 heterocycles. The van der Waals surface area contributed by atoms with E-state index < -0.39 is 51.5 Å². The van der Waals surface area contributed by atoms with Crippen LogP contribution in [-0.2, 0) is 28.6 Å². The summed E-state index contributed by atoms with van der Waals surface area (Å²) in [7, 11) is 0. The zero-order chi connectivity index (χ0) is 39.8. The smallest absolute Gasteiger partial charge is 0.311 e. The van der Waals surface area contributed by atoms with Crippen LogP contribution >= 0.6 is 0 Å². The first-order valence-corrected chi connectivity index (χ1v) is 18.6. The van der Waals surface area contributed by atoms with Crippen molar-refractivity contribution in [3.63, 3.8) is 0 Å². The Balaban J connectivity index is 1.34. The van der Waals surface area contributed by atoms with Gasteiger partial charge in [0.2, 0.25) is 0 Å². The number of hydrogen-bond acceptors (Lipinski definition) is 14. The molecule has 4 rings (SSSR count). The van der Waals surface area contributed by atoms with Crippen LogP contribution in [0.5, 0.6) is 17.2 Å². The third kappa shape index (κ3) is 9.74. The average Bonchev–Trinajstić information content (AvgIpc) is 3.46. The lowest BCUT2D eigenvalue weighted by Gasteiger charge is -2.35. The number of nitrogens with zero attached hydrogens (tertiary/aromatic N) is 2. The molecular formula is C39H63N3O11. The van der Waals surface area contributed by atoms with E-state index in [0.717, 1.165) is 0 Å². The van der Waals surface area contributed by atoms with Crippen molar-refractivity contribution >= 4 is 17.9 Å². The Kier molecular flexibility index (Phi) is 12.5. The number of hydrogen-bond donors (Lipinski definition) is 3. The number of ether oxygens (including phenoxy) is 6. The van der Waals surface area contributed by atoms with Crippen LogP contribution in [0.15, 0.2) is 18.2 Å². The minimum absolute atomic E-state index is 0.0206. The molecule has 14 heteroatoms. The Morgan fingerprint density at radius 3 is 1.15 bits per heavy atom. The van der Waals surface area contributed by atoms with Gasteiger partial charge in [0.15, 0.2) is 0 Å². The molecule has 3 atom stereocenters. The largest absolute Gasteiger partial charge is 0.490 e. The van der Waals surface area contributed by atoms with Crippen molar-refractivity contribution in [1.29, 1.82) is 0 Å². The van der Waals surface area contributed by atoms with Gasteiger partial charge in [-0.3, -0.25) is 14.4 Å². The lowest BCUT2D eigenvalue weighted by Crippen LogP contribution is -2.48. The van der Waals surface area contributed by atoms with Gasteiger partial charge in [0, 0.05) is 40.4 Å². The fraction of sp³-hybridized carbons (Fsp3) is 0.769. The topological polar surface area (TPSA) is 166 Å². The first-order chi connectivity index (χ1) is 24.3. The predicted molar refractivity (Wildman–Crippen MR) is 195 cm³/mol. The van der Waals surface area contributed by atoms with Crippen molar-refractivity contribution in [3.05, 3.63) is 18.2 Å². The molecule has 1 aromatic carbocycles. The van der Waals surface area contributed by atoms with Crippen LogP contribution in [0.3, 0.4) is 0 Å². The molecular weight excluding hydrogens is 686 g/mol. The highest BCUT2D eigenvalue weighted by molar-refractivity contribution is 5.76. The normalized spacial score (nSPS) is 26.5. The first kappa shape index (κ1) is 42.6. The molecule has 1 aromatic rings. The van der Waals surface area contributed by atoms with Gasteiger partial charge in [-0.2, -0.15) is 10.1 Å². The highest BCUT2D eigenvalue weighted by Crippen LogP contribution is 2.45. The van der Waals surface area contributed by atoms with Gasteiger partial charge in [0.1, 0.15) is 56.9 Å². The summed E-state index contributed by atoms with van der Waals surface area (Å²) in [5, 5.41) is 27.1. The van der Waals surface area contributed by atoms with Crippen molar-refractivity contribution in [1.82, 2.24) is 15.4 Å². The second-order valence-electron chi connectivity index (χ2n) is 18.2. The maximum absolute atomic E-state index is 13.0. The zero-order valence-corrected chi connectivity index (χ0v) is 33.8. The maximum Gasteiger partial charge on any atom is 0.311 e. The van der Waals surface area contributed by atoms with Crippen molar-refractivity contribution in [3.8, 4) is 17.2 Å². The second kappa shape index (κ2) is 15.5. The molecule has 0 bridgehead atoms. The van der Waals surface area contributed by atoms with E-state index in [-0.39, 0.29) is 57.1 Å². The van der Waals surface area contributed by atoms with E-state index in [1.165, 1.54) is 10.1 Å². The number of nitrogens with one attached hydrogen (secondary N) is 1. The summed E-state index contributed by atoms with van der Waals surface area (Å²) in [4.78, 5) is 38.9. The van der Waals surface area contributed by atoms with Crippen molar-refractivity contribution < 1.29 is 53.2 Å². The Labute approximate surface area is 314 Å². The third-order valence-corrected chi connectivity index (χ3v) is 11.1. The summed E-state index contributed by atoms with van der Waals surface area (Å²) >= 11 is 0. The van der Waals surface area contributed by atoms with Crippen LogP contribution in [0.25, 0.3) is 0 Å². The quantitative estimate of drug-likeness (QED) is 0.122. The number of esters is 3. The molecule has 3 saturated heterocycles. The molecule has 3 unspecified atom stereocenters. The lowest BCUT2D eigenvalue weighted by molar-refractivity contribution is -0.200. The minimum atomic E-state index is -0.786. The number of benzene rings is 1. The number of carbonyl (C=O) groups excluding carboxylic acids is 3. The van der Waals surface area contributed by atoms with Gasteiger partial charge in [0.25, 0.3) is 0 Å². The van der Waals surface area contributed by atoms with Crippen LogP contribution in [0.4, 0.5) is 0 Å². The molecule has 53 heavy (non-hydrogen) atoms. The first-order valence-electron chi connectivity index (χ1n) is 18.6. The van der Waals surface area contributed by atoms with E-state index in [9.17, 15) is 24.8 Å².